The molecule has 0 radical (unpaired) electrons. The normalized spacial score (nSPS) is 22.8. The van der Waals surface area contributed by atoms with E-state index in [0.717, 1.165) is 0 Å². The van der Waals surface area contributed by atoms with E-state index >= 15 is 0 Å². The van der Waals surface area contributed by atoms with E-state index in [1.54, 1.807) is 6.07 Å². The number of carbonyl (C=O) groups is 3. The number of aryl methyl sites for hydroxylation is 1. The number of carbonyl (C=O) groups excluding carboxylic acids is 3. The van der Waals surface area contributed by atoms with Crippen LogP contribution in [0.25, 0.3) is 11.0 Å². The average Bonchev–Trinajstić information content (AvgIpc) is 3.43. The zero-order valence-corrected chi connectivity index (χ0v) is 17.4. The molecule has 10 nitrogen and oxygen atoms in total. The minimum Gasteiger partial charge on any atom is -0.496 e. The molecule has 0 saturated carbocycles. The Hall–Kier alpha value is -3.40. The van der Waals surface area contributed by atoms with E-state index in [1.165, 1.54) is 14.2 Å². The molecule has 10 heteroatoms. The average molecular weight is 444 g/mol. The minimum absolute atomic E-state index is 0.0753. The van der Waals surface area contributed by atoms with Crippen LogP contribution in [-0.4, -0.2) is 44.5 Å². The van der Waals surface area contributed by atoms with Crippen molar-refractivity contribution in [3.05, 3.63) is 33.2 Å². The summed E-state index contributed by atoms with van der Waals surface area (Å²) in [5.41, 5.74) is 0.934. The molecule has 32 heavy (non-hydrogen) atoms. The molecule has 168 valence electrons. The van der Waals surface area contributed by atoms with Crippen molar-refractivity contribution < 1.29 is 42.5 Å². The highest BCUT2D eigenvalue weighted by Gasteiger charge is 2.48. The van der Waals surface area contributed by atoms with Crippen molar-refractivity contribution in [3.63, 3.8) is 0 Å². The number of ketones is 1. The lowest BCUT2D eigenvalue weighted by atomic mass is 9.93. The van der Waals surface area contributed by atoms with Gasteiger partial charge in [0.2, 0.25) is 12.6 Å². The van der Waals surface area contributed by atoms with Crippen LogP contribution in [0.2, 0.25) is 0 Å². The molecular formula is C22H20O10. The summed E-state index contributed by atoms with van der Waals surface area (Å²) in [6.07, 6.45) is -0.876. The predicted octanol–water partition coefficient (Wildman–Crippen LogP) is 1.98. The van der Waals surface area contributed by atoms with Crippen LogP contribution in [0.15, 0.2) is 15.3 Å². The van der Waals surface area contributed by atoms with Gasteiger partial charge >= 0.3 is 17.6 Å². The monoisotopic (exact) mass is 444 g/mol. The van der Waals surface area contributed by atoms with E-state index in [-0.39, 0.29) is 42.9 Å². The second-order valence-electron chi connectivity index (χ2n) is 7.82. The molecule has 1 fully saturated rings. The van der Waals surface area contributed by atoms with Gasteiger partial charge in [-0.1, -0.05) is 0 Å². The van der Waals surface area contributed by atoms with Crippen LogP contribution in [0.3, 0.4) is 0 Å². The molecule has 2 aromatic rings. The van der Waals surface area contributed by atoms with Crippen molar-refractivity contribution in [2.45, 2.75) is 50.6 Å². The van der Waals surface area contributed by atoms with Crippen molar-refractivity contribution in [2.75, 3.05) is 14.2 Å². The van der Waals surface area contributed by atoms with Gasteiger partial charge in [-0.3, -0.25) is 14.4 Å². The van der Waals surface area contributed by atoms with E-state index in [4.69, 9.17) is 23.4 Å². The molecule has 3 atom stereocenters. The lowest BCUT2D eigenvalue weighted by molar-refractivity contribution is -0.191. The number of esters is 2. The number of benzene rings is 1. The van der Waals surface area contributed by atoms with Gasteiger partial charge < -0.3 is 28.1 Å². The molecule has 1 saturated heterocycles. The van der Waals surface area contributed by atoms with Crippen LogP contribution in [0, 0.1) is 0 Å². The number of rotatable bonds is 5. The first-order valence-corrected chi connectivity index (χ1v) is 10.2. The highest BCUT2D eigenvalue weighted by Crippen LogP contribution is 2.52. The standard InChI is InChI=1S/C22H20O10/c1-27-12-8-13-19(20-18(12)9-3-4-11(23)17(9)21(26)32-20)10-7-16(31-22(10)29-13)30-15(25)6-5-14(24)28-2/h8,10,16,22H,3-7H2,1-2H3/t10-,16-,22-/m1/s1. The Kier molecular flexibility index (Phi) is 4.89. The van der Waals surface area contributed by atoms with Gasteiger partial charge in [-0.15, -0.1) is 0 Å². The zero-order chi connectivity index (χ0) is 22.6. The molecule has 0 N–H and O–H groups in total. The summed E-state index contributed by atoms with van der Waals surface area (Å²) in [5, 5.41) is 0.578. The molecule has 2 aliphatic heterocycles. The molecule has 0 amide bonds. The maximum atomic E-state index is 12.6. The Morgan fingerprint density at radius 1 is 1.12 bits per heavy atom. The van der Waals surface area contributed by atoms with E-state index in [2.05, 4.69) is 4.74 Å². The smallest absolute Gasteiger partial charge is 0.347 e. The zero-order valence-electron chi connectivity index (χ0n) is 17.4. The first-order valence-electron chi connectivity index (χ1n) is 10.2. The number of hydrogen-bond acceptors (Lipinski definition) is 10. The molecule has 1 aliphatic carbocycles. The van der Waals surface area contributed by atoms with Crippen molar-refractivity contribution in [3.8, 4) is 11.5 Å². The summed E-state index contributed by atoms with van der Waals surface area (Å²) < 4.78 is 32.6. The molecule has 0 bridgehead atoms. The summed E-state index contributed by atoms with van der Waals surface area (Å²) >= 11 is 0. The van der Waals surface area contributed by atoms with Gasteiger partial charge in [-0.25, -0.2) is 4.79 Å². The largest absolute Gasteiger partial charge is 0.496 e. The Labute approximate surface area is 181 Å². The van der Waals surface area contributed by atoms with E-state index in [1.807, 2.05) is 0 Å². The van der Waals surface area contributed by atoms with Crippen LogP contribution in [0.4, 0.5) is 0 Å². The van der Waals surface area contributed by atoms with Crippen molar-refractivity contribution in [1.82, 2.24) is 0 Å². The summed E-state index contributed by atoms with van der Waals surface area (Å²) in [7, 11) is 2.73. The van der Waals surface area contributed by atoms with E-state index in [9.17, 15) is 19.2 Å². The van der Waals surface area contributed by atoms with Gasteiger partial charge in [0, 0.05) is 24.5 Å². The van der Waals surface area contributed by atoms with E-state index in [0.29, 0.717) is 40.0 Å². The number of fused-ring (bicyclic) bond motifs is 7. The molecule has 5 rings (SSSR count). The van der Waals surface area contributed by atoms with Gasteiger partial charge in [-0.2, -0.15) is 0 Å². The molecular weight excluding hydrogens is 424 g/mol. The Morgan fingerprint density at radius 2 is 1.91 bits per heavy atom. The van der Waals surface area contributed by atoms with Crippen LogP contribution in [-0.2, 0) is 30.2 Å². The first kappa shape index (κ1) is 20.5. The third-order valence-electron chi connectivity index (χ3n) is 6.05. The number of hydrogen-bond donors (Lipinski definition) is 0. The SMILES string of the molecule is COC(=O)CCC(=O)O[C@H]1C[C@@H]2c3c(cc(OC)c4c5c(c(=O)oc34)C(=O)CC5)O[C@@H]2O1. The third-order valence-corrected chi connectivity index (χ3v) is 6.05. The van der Waals surface area contributed by atoms with Gasteiger partial charge in [0.1, 0.15) is 22.6 Å². The Balaban J connectivity index is 1.47. The van der Waals surface area contributed by atoms with Crippen LogP contribution >= 0.6 is 0 Å². The Morgan fingerprint density at radius 3 is 2.66 bits per heavy atom. The summed E-state index contributed by atoms with van der Waals surface area (Å²) in [6.45, 7) is 0. The summed E-state index contributed by atoms with van der Waals surface area (Å²) in [4.78, 5) is 48.0. The third kappa shape index (κ3) is 3.13. The molecule has 3 heterocycles. The van der Waals surface area contributed by atoms with Crippen molar-refractivity contribution >= 4 is 28.7 Å². The number of ether oxygens (including phenoxy) is 5. The summed E-state index contributed by atoms with van der Waals surface area (Å²) in [6, 6.07) is 1.69. The van der Waals surface area contributed by atoms with Gasteiger partial charge in [0.15, 0.2) is 5.78 Å². The predicted molar refractivity (Wildman–Crippen MR) is 106 cm³/mol. The molecule has 0 unspecified atom stereocenters. The van der Waals surface area contributed by atoms with Crippen LogP contribution in [0.1, 0.15) is 53.1 Å². The second kappa shape index (κ2) is 7.63. The van der Waals surface area contributed by atoms with Gasteiger partial charge in [0.05, 0.1) is 38.4 Å². The van der Waals surface area contributed by atoms with Crippen LogP contribution < -0.4 is 15.1 Å². The highest BCUT2D eigenvalue weighted by atomic mass is 16.8. The van der Waals surface area contributed by atoms with Gasteiger partial charge in [0.25, 0.3) is 0 Å². The Bertz CT molecular complexity index is 1210. The van der Waals surface area contributed by atoms with Gasteiger partial charge in [-0.05, 0) is 12.0 Å². The quantitative estimate of drug-likeness (QED) is 0.499. The highest BCUT2D eigenvalue weighted by molar-refractivity contribution is 6.06. The first-order chi connectivity index (χ1) is 15.4. The molecule has 3 aliphatic rings. The molecule has 1 aromatic carbocycles. The van der Waals surface area contributed by atoms with Crippen molar-refractivity contribution in [1.29, 1.82) is 0 Å². The fraction of sp³-hybridized carbons (Fsp3) is 0.455. The summed E-state index contributed by atoms with van der Waals surface area (Å²) in [5.74, 6) is -0.801. The second-order valence-corrected chi connectivity index (χ2v) is 7.82. The number of methoxy groups -OCH3 is 2. The maximum absolute atomic E-state index is 12.6. The van der Waals surface area contributed by atoms with E-state index < -0.39 is 30.1 Å². The molecule has 1 aromatic heterocycles. The van der Waals surface area contributed by atoms with Crippen LogP contribution in [0.5, 0.6) is 11.5 Å². The maximum Gasteiger partial charge on any atom is 0.347 e. The molecule has 0 spiro atoms. The minimum atomic E-state index is -0.872. The lowest BCUT2D eigenvalue weighted by Crippen LogP contribution is -2.21. The number of Topliss-reactive ketones (excluding diaryl/α,β-unsaturated/α-hetero) is 1. The fourth-order valence-electron chi connectivity index (χ4n) is 4.61. The fourth-order valence-corrected chi connectivity index (χ4v) is 4.61. The van der Waals surface area contributed by atoms with Crippen molar-refractivity contribution in [2.24, 2.45) is 0 Å². The lowest BCUT2D eigenvalue weighted by Gasteiger charge is -2.15. The topological polar surface area (TPSA) is 128 Å².